The van der Waals surface area contributed by atoms with E-state index in [0.29, 0.717) is 0 Å². The number of nitrogens with zero attached hydrogens (tertiary/aromatic N) is 3. The molecule has 302 valence electrons. The Hall–Kier alpha value is -7.69. The summed E-state index contributed by atoms with van der Waals surface area (Å²) in [4.78, 5) is 0. The first-order valence-corrected chi connectivity index (χ1v) is 22.2. The molecule has 0 N–H and O–H groups in total. The minimum absolute atomic E-state index is 0.0801. The van der Waals surface area contributed by atoms with Gasteiger partial charge in [-0.15, -0.1) is 0 Å². The topological polar surface area (TPSA) is 23.0 Å². The first-order valence-electron chi connectivity index (χ1n) is 22.2. The highest BCUT2D eigenvalue weighted by molar-refractivity contribution is 6.10. The smallest absolute Gasteiger partial charge is 0.212 e. The fourth-order valence-electron chi connectivity index (χ4n) is 10.5. The Bertz CT molecular complexity index is 3250. The molecular weight excluding hydrogens is 767 g/mol. The Balaban J connectivity index is 0.967. The molecule has 4 heterocycles. The average molecular weight is 813 g/mol. The molecule has 0 radical (unpaired) electrons. The van der Waals surface area contributed by atoms with Crippen LogP contribution >= 0.6 is 0 Å². The molecular formula is C59H46N3O+. The van der Waals surface area contributed by atoms with E-state index in [9.17, 15) is 0 Å². The van der Waals surface area contributed by atoms with E-state index in [0.717, 1.165) is 64.5 Å². The summed E-state index contributed by atoms with van der Waals surface area (Å²) in [6.45, 7) is 5.63. The molecule has 1 aliphatic rings. The zero-order valence-electron chi connectivity index (χ0n) is 35.5. The van der Waals surface area contributed by atoms with E-state index in [-0.39, 0.29) is 5.41 Å². The van der Waals surface area contributed by atoms with E-state index < -0.39 is 0 Å². The van der Waals surface area contributed by atoms with Crippen LogP contribution in [-0.2, 0) is 12.0 Å². The highest BCUT2D eigenvalue weighted by Gasteiger charge is 2.41. The number of hydrogen-bond acceptors (Lipinski definition) is 1. The lowest BCUT2D eigenvalue weighted by molar-refractivity contribution is -0.697. The largest absolute Gasteiger partial charge is 0.457 e. The SMILES string of the molecule is CCC1(CC)C[n+]2ccccc2-c2cc(Oc3cc(-c4ccc(-n5c6ccccc6c6ccccc65)cc4)cc(-c4ccc(-n5c6ccccc6c6ccccc65)cc4)c3)ccc21. The van der Waals surface area contributed by atoms with E-state index in [2.05, 4.69) is 234 Å². The molecule has 0 amide bonds. The normalized spacial score (nSPS) is 13.1. The molecule has 1 aliphatic heterocycles. The third-order valence-electron chi connectivity index (χ3n) is 13.8. The van der Waals surface area contributed by atoms with Crippen LogP contribution in [-0.4, -0.2) is 9.13 Å². The highest BCUT2D eigenvalue weighted by Crippen LogP contribution is 2.44. The minimum Gasteiger partial charge on any atom is -0.457 e. The standard InChI is InChI=1S/C59H46N3O/c1-3-59(4-2)39-60-34-14-13-19-54(60)52-38-46(32-33-53(52)59)63-47-36-42(40-24-28-44(29-25-40)61-55-20-9-5-15-48(55)49-16-6-10-21-56(49)61)35-43(37-47)41-26-30-45(31-27-41)62-57-22-11-7-17-50(57)51-18-8-12-23-58(51)62/h5-38H,3-4,39H2,1-2H3/q+1. The summed E-state index contributed by atoms with van der Waals surface area (Å²) >= 11 is 0. The third-order valence-corrected chi connectivity index (χ3v) is 13.8. The molecule has 0 bridgehead atoms. The summed E-state index contributed by atoms with van der Waals surface area (Å²) in [5.74, 6) is 1.63. The van der Waals surface area contributed by atoms with E-state index in [1.165, 1.54) is 60.4 Å². The lowest BCUT2D eigenvalue weighted by atomic mass is 9.71. The number of aromatic nitrogens is 3. The van der Waals surface area contributed by atoms with Gasteiger partial charge < -0.3 is 13.9 Å². The zero-order chi connectivity index (χ0) is 42.1. The molecule has 0 spiro atoms. The summed E-state index contributed by atoms with van der Waals surface area (Å²) in [7, 11) is 0. The molecule has 0 atom stereocenters. The van der Waals surface area contributed by atoms with Crippen molar-refractivity contribution < 1.29 is 9.30 Å². The van der Waals surface area contributed by atoms with Gasteiger partial charge in [0, 0.05) is 45.1 Å². The van der Waals surface area contributed by atoms with Gasteiger partial charge in [-0.05, 0) is 126 Å². The van der Waals surface area contributed by atoms with Gasteiger partial charge in [0.25, 0.3) is 0 Å². The number of benzene rings is 8. The lowest BCUT2D eigenvalue weighted by Crippen LogP contribution is -2.50. The molecule has 4 nitrogen and oxygen atoms in total. The fraction of sp³-hybridized carbons (Fsp3) is 0.102. The Morgan fingerprint density at radius 3 is 1.38 bits per heavy atom. The number of ether oxygens (including phenoxy) is 1. The van der Waals surface area contributed by atoms with Gasteiger partial charge in [0.05, 0.1) is 33.0 Å². The molecule has 0 saturated carbocycles. The zero-order valence-corrected chi connectivity index (χ0v) is 35.5. The Morgan fingerprint density at radius 1 is 0.444 bits per heavy atom. The summed E-state index contributed by atoms with van der Waals surface area (Å²) in [6.07, 6.45) is 4.38. The second kappa shape index (κ2) is 14.7. The average Bonchev–Trinajstić information content (AvgIpc) is 3.87. The summed E-state index contributed by atoms with van der Waals surface area (Å²) in [5, 5.41) is 5.04. The quantitative estimate of drug-likeness (QED) is 0.140. The van der Waals surface area contributed by atoms with Crippen molar-refractivity contribution in [2.75, 3.05) is 0 Å². The summed E-state index contributed by atoms with van der Waals surface area (Å²) < 4.78 is 14.1. The van der Waals surface area contributed by atoms with Gasteiger partial charge in [0.15, 0.2) is 12.7 Å². The number of para-hydroxylation sites is 4. The van der Waals surface area contributed by atoms with Crippen LogP contribution < -0.4 is 9.30 Å². The van der Waals surface area contributed by atoms with Gasteiger partial charge in [0.1, 0.15) is 11.5 Å². The summed E-state index contributed by atoms with van der Waals surface area (Å²) in [5.41, 5.74) is 15.5. The molecule has 11 aromatic rings. The predicted octanol–water partition coefficient (Wildman–Crippen LogP) is 15.0. The molecule has 0 fully saturated rings. The second-order valence-corrected chi connectivity index (χ2v) is 17.1. The van der Waals surface area contributed by atoms with Crippen molar-refractivity contribution in [2.24, 2.45) is 0 Å². The van der Waals surface area contributed by atoms with E-state index in [4.69, 9.17) is 4.74 Å². The Kier molecular flexibility index (Phi) is 8.68. The van der Waals surface area contributed by atoms with Crippen LogP contribution in [0, 0.1) is 0 Å². The van der Waals surface area contributed by atoms with Gasteiger partial charge in [-0.1, -0.05) is 117 Å². The van der Waals surface area contributed by atoms with E-state index >= 15 is 0 Å². The molecule has 12 rings (SSSR count). The number of hydrogen-bond donors (Lipinski definition) is 0. The van der Waals surface area contributed by atoms with Crippen molar-refractivity contribution in [3.8, 4) is 56.4 Å². The van der Waals surface area contributed by atoms with Gasteiger partial charge in [-0.2, -0.15) is 4.57 Å². The molecule has 8 aromatic carbocycles. The van der Waals surface area contributed by atoms with Crippen LogP contribution in [0.3, 0.4) is 0 Å². The number of pyridine rings is 1. The number of rotatable bonds is 8. The van der Waals surface area contributed by atoms with Crippen molar-refractivity contribution in [2.45, 2.75) is 38.6 Å². The Labute approximate surface area is 367 Å². The highest BCUT2D eigenvalue weighted by atomic mass is 16.5. The van der Waals surface area contributed by atoms with Gasteiger partial charge >= 0.3 is 0 Å². The monoisotopic (exact) mass is 812 g/mol. The minimum atomic E-state index is 0.0801. The third kappa shape index (κ3) is 6.01. The summed E-state index contributed by atoms with van der Waals surface area (Å²) in [6, 6.07) is 72.6. The maximum atomic E-state index is 6.96. The van der Waals surface area contributed by atoms with Crippen molar-refractivity contribution in [1.82, 2.24) is 9.13 Å². The first-order chi connectivity index (χ1) is 31.1. The maximum Gasteiger partial charge on any atom is 0.212 e. The van der Waals surface area contributed by atoms with Crippen LogP contribution in [0.15, 0.2) is 206 Å². The van der Waals surface area contributed by atoms with Crippen LogP contribution in [0.25, 0.3) is 88.5 Å². The molecule has 0 saturated heterocycles. The maximum absolute atomic E-state index is 6.96. The lowest BCUT2D eigenvalue weighted by Gasteiger charge is -2.34. The predicted molar refractivity (Wildman–Crippen MR) is 260 cm³/mol. The van der Waals surface area contributed by atoms with Crippen molar-refractivity contribution in [1.29, 1.82) is 0 Å². The van der Waals surface area contributed by atoms with Gasteiger partial charge in [-0.25, -0.2) is 0 Å². The van der Waals surface area contributed by atoms with Crippen LogP contribution in [0.5, 0.6) is 11.5 Å². The second-order valence-electron chi connectivity index (χ2n) is 17.1. The van der Waals surface area contributed by atoms with Gasteiger partial charge in [0.2, 0.25) is 5.69 Å². The molecule has 0 aliphatic carbocycles. The van der Waals surface area contributed by atoms with Crippen molar-refractivity contribution >= 4 is 43.6 Å². The van der Waals surface area contributed by atoms with Gasteiger partial charge in [-0.3, -0.25) is 0 Å². The van der Waals surface area contributed by atoms with Crippen molar-refractivity contribution in [3.05, 3.63) is 212 Å². The Morgan fingerprint density at radius 2 is 0.905 bits per heavy atom. The molecule has 4 heteroatoms. The molecule has 63 heavy (non-hydrogen) atoms. The van der Waals surface area contributed by atoms with Crippen LogP contribution in [0.4, 0.5) is 0 Å². The van der Waals surface area contributed by atoms with E-state index in [1.54, 1.807) is 0 Å². The first kappa shape index (κ1) is 37.1. The van der Waals surface area contributed by atoms with Crippen LogP contribution in [0.2, 0.25) is 0 Å². The van der Waals surface area contributed by atoms with E-state index in [1.807, 2.05) is 0 Å². The fourth-order valence-corrected chi connectivity index (χ4v) is 10.5. The molecule has 0 unspecified atom stereocenters. The van der Waals surface area contributed by atoms with Crippen LogP contribution in [0.1, 0.15) is 32.3 Å². The molecule has 3 aromatic heterocycles. The van der Waals surface area contributed by atoms with Crippen molar-refractivity contribution in [3.63, 3.8) is 0 Å². The number of fused-ring (bicyclic) bond motifs is 9.